The van der Waals surface area contributed by atoms with Crippen LogP contribution in [0.2, 0.25) is 0 Å². The molecule has 8 rings (SSSR count). The summed E-state index contributed by atoms with van der Waals surface area (Å²) in [7, 11) is 0. The van der Waals surface area contributed by atoms with E-state index in [0.29, 0.717) is 28.7 Å². The van der Waals surface area contributed by atoms with Crippen molar-refractivity contribution in [1.29, 1.82) is 0 Å². The summed E-state index contributed by atoms with van der Waals surface area (Å²) >= 11 is 4.75. The van der Waals surface area contributed by atoms with E-state index in [1.807, 2.05) is 34.6 Å². The second-order valence-corrected chi connectivity index (χ2v) is 22.0. The summed E-state index contributed by atoms with van der Waals surface area (Å²) in [5.41, 5.74) is -8.88. The van der Waals surface area contributed by atoms with E-state index >= 15 is 0 Å². The number of aliphatic hydroxyl groups is 9. The van der Waals surface area contributed by atoms with Crippen molar-refractivity contribution in [3.05, 3.63) is 34.9 Å². The zero-order chi connectivity index (χ0) is 47.7. The SMILES string of the molecule is C.C=CCOC(=O)Cl.CC1=C2C(O)C(=O)[C@@]3(C)C(C(C)C(O)(CC1O)C2(C)C)[C@]1(O)COC1C[C@@H]3C.CC1=C2C(O)C(=O)[C@]3(C)C(O)CC4OC[C@@]4(O)C3C(C)C(O)(CC1O)C2(C)C.[Ac].[Ac].[Ac].[Ac]. The molecule has 376 valence electrons. The maximum absolute atomic E-state index is 13.8. The number of aliphatic hydroxyl groups excluding tert-OH is 5. The second kappa shape index (κ2) is 23.9. The second-order valence-electron chi connectivity index (χ2n) is 21.7. The van der Waals surface area contributed by atoms with E-state index in [-0.39, 0.29) is 241 Å². The van der Waals surface area contributed by atoms with Crippen molar-refractivity contribution < 1.29 is 251 Å². The minimum absolute atomic E-state index is 0. The Kier molecular flexibility index (Phi) is 24.5. The normalized spacial score (nSPS) is 46.5. The summed E-state index contributed by atoms with van der Waals surface area (Å²) in [6, 6.07) is 0. The number of Topliss-reactive ketones (excluding diaryl/α,β-unsaturated/α-hetero) is 2. The van der Waals surface area contributed by atoms with Crippen LogP contribution in [0.3, 0.4) is 0 Å². The number of ketones is 2. The topological polar surface area (TPSA) is 261 Å². The van der Waals surface area contributed by atoms with Crippen LogP contribution in [0.4, 0.5) is 4.79 Å². The molecule has 2 aliphatic heterocycles. The first-order chi connectivity index (χ1) is 28.8. The molecular formula is C48H75Ac4ClO15. The minimum atomic E-state index is -1.58. The molecule has 9 N–H and O–H groups in total. The summed E-state index contributed by atoms with van der Waals surface area (Å²) < 4.78 is 15.3. The molecule has 18 atom stereocenters. The summed E-state index contributed by atoms with van der Waals surface area (Å²) in [6.45, 7) is 23.3. The van der Waals surface area contributed by atoms with E-state index in [9.17, 15) is 60.3 Å². The van der Waals surface area contributed by atoms with Gasteiger partial charge in [-0.25, -0.2) is 4.79 Å². The molecule has 2 saturated heterocycles. The van der Waals surface area contributed by atoms with Crippen molar-refractivity contribution in [2.24, 2.45) is 51.2 Å². The van der Waals surface area contributed by atoms with Crippen molar-refractivity contribution in [1.82, 2.24) is 0 Å². The average molecular weight is 1840 g/mol. The average Bonchev–Trinajstić information content (AvgIpc) is 3.19. The molecule has 4 saturated carbocycles. The summed E-state index contributed by atoms with van der Waals surface area (Å²) in [5.74, 6) is -3.57. The summed E-state index contributed by atoms with van der Waals surface area (Å²) in [5, 5.41) is 102. The quantitative estimate of drug-likeness (QED) is 0.142. The molecule has 6 aliphatic carbocycles. The van der Waals surface area contributed by atoms with Gasteiger partial charge in [-0.05, 0) is 67.2 Å². The van der Waals surface area contributed by atoms with Crippen LogP contribution in [0.5, 0.6) is 0 Å². The first-order valence-electron chi connectivity index (χ1n) is 22.2. The molecule has 4 radical (unpaired) electrons. The summed E-state index contributed by atoms with van der Waals surface area (Å²) in [4.78, 5) is 37.1. The van der Waals surface area contributed by atoms with Crippen LogP contribution in [0.25, 0.3) is 0 Å². The Bertz CT molecular complexity index is 1860. The van der Waals surface area contributed by atoms with E-state index < -0.39 is 116 Å². The smallest absolute Gasteiger partial charge is 0.404 e. The molecule has 68 heavy (non-hydrogen) atoms. The molecule has 2 heterocycles. The van der Waals surface area contributed by atoms with Gasteiger partial charge in [0.15, 0.2) is 11.6 Å². The van der Waals surface area contributed by atoms with Crippen molar-refractivity contribution in [2.45, 2.75) is 174 Å². The van der Waals surface area contributed by atoms with Gasteiger partial charge in [0.1, 0.15) is 30.0 Å². The van der Waals surface area contributed by atoms with E-state index in [1.54, 1.807) is 41.5 Å². The van der Waals surface area contributed by atoms with Gasteiger partial charge in [-0.1, -0.05) is 75.5 Å². The number of rotatable bonds is 2. The van der Waals surface area contributed by atoms with Gasteiger partial charge in [-0.15, -0.1) is 0 Å². The van der Waals surface area contributed by atoms with Gasteiger partial charge in [0.25, 0.3) is 0 Å². The monoisotopic (exact) mass is 1830 g/mol. The minimum Gasteiger partial charge on any atom is -0.449 e. The van der Waals surface area contributed by atoms with Gasteiger partial charge in [0.05, 0.1) is 60.4 Å². The predicted molar refractivity (Wildman–Crippen MR) is 236 cm³/mol. The molecule has 6 fully saturated rings. The number of hydrogen-bond acceptors (Lipinski definition) is 15. The zero-order valence-electron chi connectivity index (χ0n) is 40.8. The molecule has 0 aromatic rings. The molecule has 15 nitrogen and oxygen atoms in total. The number of fused-ring (bicyclic) bond motifs is 10. The van der Waals surface area contributed by atoms with E-state index in [2.05, 4.69) is 11.3 Å². The van der Waals surface area contributed by atoms with E-state index in [4.69, 9.17) is 21.1 Å². The largest absolute Gasteiger partial charge is 0.449 e. The van der Waals surface area contributed by atoms with Crippen molar-refractivity contribution in [3.63, 3.8) is 0 Å². The Morgan fingerprint density at radius 2 is 1.04 bits per heavy atom. The molecule has 0 aromatic carbocycles. The maximum Gasteiger partial charge on any atom is 0.404 e. The number of carbonyl (C=O) groups is 3. The Balaban J connectivity index is 0.000000560. The fourth-order valence-corrected chi connectivity index (χ4v) is 14.5. The predicted octanol–water partition coefficient (Wildman–Crippen LogP) is 3.30. The van der Waals surface area contributed by atoms with Gasteiger partial charge in [-0.3, -0.25) is 9.59 Å². The van der Waals surface area contributed by atoms with Crippen molar-refractivity contribution >= 4 is 28.6 Å². The third-order valence-corrected chi connectivity index (χ3v) is 18.6. The first-order valence-corrected chi connectivity index (χ1v) is 22.6. The molecule has 8 aliphatic rings. The molecule has 13 unspecified atom stereocenters. The molecule has 0 aromatic heterocycles. The molecule has 0 spiro atoms. The van der Waals surface area contributed by atoms with Gasteiger partial charge in [-0.2, -0.15) is 0 Å². The maximum atomic E-state index is 13.8. The third kappa shape index (κ3) is 10.2. The molecule has 4 bridgehead atoms. The van der Waals surface area contributed by atoms with Gasteiger partial charge < -0.3 is 60.2 Å². The Labute approximate surface area is 550 Å². The van der Waals surface area contributed by atoms with Crippen molar-refractivity contribution in [3.8, 4) is 0 Å². The number of hydrogen-bond donors (Lipinski definition) is 9. The molecular weight excluding hydrogens is 1760 g/mol. The number of ether oxygens (including phenoxy) is 3. The van der Waals surface area contributed by atoms with Crippen LogP contribution in [0, 0.1) is 227 Å². The van der Waals surface area contributed by atoms with Crippen LogP contribution in [0.1, 0.15) is 109 Å². The fourth-order valence-electron chi connectivity index (χ4n) is 14.4. The first kappa shape index (κ1) is 69.7. The Morgan fingerprint density at radius 3 is 1.37 bits per heavy atom. The number of halogens is 1. The van der Waals surface area contributed by atoms with Crippen LogP contribution in [0.15, 0.2) is 34.9 Å². The summed E-state index contributed by atoms with van der Waals surface area (Å²) in [6.07, 6.45) is -4.83. The van der Waals surface area contributed by atoms with Crippen molar-refractivity contribution in [2.75, 3.05) is 19.8 Å². The van der Waals surface area contributed by atoms with Gasteiger partial charge in [0, 0.05) is 235 Å². The van der Waals surface area contributed by atoms with E-state index in [0.717, 1.165) is 0 Å². The zero-order valence-corrected chi connectivity index (χ0v) is 60.6. The van der Waals surface area contributed by atoms with Gasteiger partial charge in [0.2, 0.25) is 0 Å². The third-order valence-electron chi connectivity index (χ3n) is 18.5. The van der Waals surface area contributed by atoms with Crippen LogP contribution in [-0.2, 0) is 23.8 Å². The van der Waals surface area contributed by atoms with Crippen LogP contribution in [-0.4, -0.2) is 148 Å². The van der Waals surface area contributed by atoms with E-state index in [1.165, 1.54) is 6.08 Å². The standard InChI is InChI=1S/C22H34O6.C21H32O7.C4H5ClO2.CH4.4Ac/c1-10-7-14-21(26,9-28-14)17-12(3)22(27)8-13(23)11(2)15(19(22,4)5)16(24)18(25)20(10,17)6;1-9-11(22)7-21(27)10(2)16-19(5,12(23)6-13-20(16,26)8-28-13)17(25)15(24)14(9)18(21,3)4;1-2-3-7-4(5)6;;;;;/h10,12-14,16-17,23-24,26-27H,7-9H2,1-6H3;10-13,15-16,22-24,26-27H,6-8H2,1-5H3;2H,1,3H2;1H4;;;;/t10-,12?,13?,14?,16?,17?,20+,21-,22?;10?,11?,12?,13?,15?,16?,19-,20+,21?;;;;;;/m01....../s1. The van der Waals surface area contributed by atoms with Gasteiger partial charge >= 0.3 is 5.43 Å². The molecule has 20 heteroatoms. The number of carbonyl (C=O) groups excluding carboxylic acids is 3. The fraction of sp³-hybridized carbons (Fsp3) is 0.812. The van der Waals surface area contributed by atoms with Crippen LogP contribution >= 0.6 is 11.6 Å². The Hall–Kier alpha value is 3.65. The molecule has 0 amide bonds. The van der Waals surface area contributed by atoms with Crippen LogP contribution < -0.4 is 0 Å². The Morgan fingerprint density at radius 1 is 0.691 bits per heavy atom.